The van der Waals surface area contributed by atoms with Crippen LogP contribution in [0.5, 0.6) is 0 Å². The van der Waals surface area contributed by atoms with E-state index < -0.39 is 24.3 Å². The van der Waals surface area contributed by atoms with Crippen molar-refractivity contribution in [2.24, 2.45) is 0 Å². The highest BCUT2D eigenvalue weighted by Crippen LogP contribution is 2.25. The van der Waals surface area contributed by atoms with Crippen molar-refractivity contribution >= 4 is 19.7 Å². The molecule has 1 rings (SSSR count). The van der Waals surface area contributed by atoms with Gasteiger partial charge in [0.25, 0.3) is 0 Å². The van der Waals surface area contributed by atoms with Gasteiger partial charge in [-0.1, -0.05) is 13.3 Å². The Bertz CT molecular complexity index is 380. The summed E-state index contributed by atoms with van der Waals surface area (Å²) in [6.45, 7) is 1.89. The Kier molecular flexibility index (Phi) is 3.58. The van der Waals surface area contributed by atoms with Crippen molar-refractivity contribution < 1.29 is 16.8 Å². The van der Waals surface area contributed by atoms with E-state index in [0.29, 0.717) is 12.8 Å². The molecular formula is C8H16O4S2. The first-order chi connectivity index (χ1) is 6.40. The van der Waals surface area contributed by atoms with E-state index in [2.05, 4.69) is 0 Å². The molecule has 1 aliphatic heterocycles. The molecule has 6 heteroatoms. The topological polar surface area (TPSA) is 68.3 Å². The van der Waals surface area contributed by atoms with Crippen LogP contribution < -0.4 is 0 Å². The van der Waals surface area contributed by atoms with Crippen LogP contribution in [0, 0.1) is 0 Å². The minimum atomic E-state index is -3.42. The SMILES string of the molecule is CCCCS(=O)(=O)C1CCCS1(=O)=O. The van der Waals surface area contributed by atoms with Crippen molar-refractivity contribution in [3.8, 4) is 0 Å². The highest BCUT2D eigenvalue weighted by atomic mass is 32.3. The molecule has 0 bridgehead atoms. The fourth-order valence-electron chi connectivity index (χ4n) is 1.64. The molecule has 1 atom stereocenters. The van der Waals surface area contributed by atoms with Crippen molar-refractivity contribution in [2.45, 2.75) is 37.2 Å². The van der Waals surface area contributed by atoms with Gasteiger partial charge in [-0.2, -0.15) is 0 Å². The molecule has 0 N–H and O–H groups in total. The molecule has 0 aromatic rings. The normalized spacial score (nSPS) is 26.5. The molecule has 0 spiro atoms. The number of unbranched alkanes of at least 4 members (excludes halogenated alkanes) is 1. The molecule has 0 radical (unpaired) electrons. The molecule has 84 valence electrons. The monoisotopic (exact) mass is 240 g/mol. The van der Waals surface area contributed by atoms with Gasteiger partial charge in [0.2, 0.25) is 0 Å². The van der Waals surface area contributed by atoms with Crippen LogP contribution in [0.2, 0.25) is 0 Å². The molecule has 14 heavy (non-hydrogen) atoms. The second kappa shape index (κ2) is 4.18. The molecule has 1 aliphatic rings. The standard InChI is InChI=1S/C8H16O4S2/c1-2-3-6-13(9,10)8-5-4-7-14(8,11)12/h8H,2-7H2,1H3. The molecule has 1 unspecified atom stereocenters. The number of rotatable bonds is 4. The number of hydrogen-bond acceptors (Lipinski definition) is 4. The van der Waals surface area contributed by atoms with Crippen molar-refractivity contribution in [3.63, 3.8) is 0 Å². The first kappa shape index (κ1) is 12.0. The van der Waals surface area contributed by atoms with Crippen LogP contribution in [-0.2, 0) is 19.7 Å². The Balaban J connectivity index is 2.83. The Morgan fingerprint density at radius 3 is 2.43 bits per heavy atom. The average molecular weight is 240 g/mol. The predicted octanol–water partition coefficient (Wildman–Crippen LogP) is 0.736. The van der Waals surface area contributed by atoms with Gasteiger partial charge < -0.3 is 0 Å². The summed E-state index contributed by atoms with van der Waals surface area (Å²) >= 11 is 0. The molecule has 1 saturated heterocycles. The summed E-state index contributed by atoms with van der Waals surface area (Å²) in [5.41, 5.74) is 0. The largest absolute Gasteiger partial charge is 0.227 e. The van der Waals surface area contributed by atoms with Crippen LogP contribution in [-0.4, -0.2) is 32.9 Å². The number of sulfone groups is 2. The Morgan fingerprint density at radius 1 is 1.36 bits per heavy atom. The molecule has 1 heterocycles. The van der Waals surface area contributed by atoms with Gasteiger partial charge >= 0.3 is 0 Å². The molecule has 0 aromatic heterocycles. The minimum Gasteiger partial charge on any atom is -0.227 e. The molecular weight excluding hydrogens is 224 g/mol. The lowest BCUT2D eigenvalue weighted by atomic mass is 10.4. The summed E-state index contributed by atoms with van der Waals surface area (Å²) < 4.78 is 44.9. The predicted molar refractivity (Wildman–Crippen MR) is 55.5 cm³/mol. The molecule has 0 aromatic carbocycles. The van der Waals surface area contributed by atoms with Gasteiger partial charge in [0.05, 0.1) is 11.5 Å². The summed E-state index contributed by atoms with van der Waals surface area (Å²) in [6.07, 6.45) is 2.09. The zero-order valence-corrected chi connectivity index (χ0v) is 9.90. The fourth-order valence-corrected chi connectivity index (χ4v) is 6.84. The van der Waals surface area contributed by atoms with Crippen LogP contribution in [0.1, 0.15) is 32.6 Å². The van der Waals surface area contributed by atoms with E-state index >= 15 is 0 Å². The van der Waals surface area contributed by atoms with Crippen LogP contribution >= 0.6 is 0 Å². The van der Waals surface area contributed by atoms with Crippen LogP contribution in [0.15, 0.2) is 0 Å². The number of hydrogen-bond donors (Lipinski definition) is 0. The maximum Gasteiger partial charge on any atom is 0.167 e. The second-order valence-corrected chi connectivity index (χ2v) is 8.56. The van der Waals surface area contributed by atoms with Gasteiger partial charge in [0.15, 0.2) is 24.3 Å². The molecule has 1 fully saturated rings. The zero-order valence-electron chi connectivity index (χ0n) is 8.27. The van der Waals surface area contributed by atoms with Crippen LogP contribution in [0.3, 0.4) is 0 Å². The maximum atomic E-state index is 11.6. The van der Waals surface area contributed by atoms with Gasteiger partial charge in [-0.05, 0) is 19.3 Å². The Hall–Kier alpha value is -0.100. The van der Waals surface area contributed by atoms with Gasteiger partial charge in [-0.3, -0.25) is 0 Å². The molecule has 0 amide bonds. The van der Waals surface area contributed by atoms with E-state index in [9.17, 15) is 16.8 Å². The highest BCUT2D eigenvalue weighted by molar-refractivity contribution is 8.09. The van der Waals surface area contributed by atoms with E-state index in [4.69, 9.17) is 0 Å². The van der Waals surface area contributed by atoms with Crippen molar-refractivity contribution in [1.29, 1.82) is 0 Å². The first-order valence-electron chi connectivity index (χ1n) is 4.83. The smallest absolute Gasteiger partial charge is 0.167 e. The van der Waals surface area contributed by atoms with E-state index in [1.807, 2.05) is 6.92 Å². The van der Waals surface area contributed by atoms with E-state index in [-0.39, 0.29) is 17.9 Å². The third-order valence-corrected chi connectivity index (χ3v) is 8.00. The second-order valence-electron chi connectivity index (χ2n) is 3.66. The minimum absolute atomic E-state index is 0.00734. The summed E-state index contributed by atoms with van der Waals surface area (Å²) in [7, 11) is -6.78. The summed E-state index contributed by atoms with van der Waals surface area (Å²) in [4.78, 5) is 0. The third-order valence-electron chi connectivity index (χ3n) is 2.45. The molecule has 0 aliphatic carbocycles. The van der Waals surface area contributed by atoms with Crippen molar-refractivity contribution in [3.05, 3.63) is 0 Å². The third kappa shape index (κ3) is 2.48. The average Bonchev–Trinajstić information content (AvgIpc) is 2.42. The Morgan fingerprint density at radius 2 is 2.00 bits per heavy atom. The summed E-state index contributed by atoms with van der Waals surface area (Å²) in [5, 5.41) is 0. The van der Waals surface area contributed by atoms with Gasteiger partial charge in [-0.15, -0.1) is 0 Å². The van der Waals surface area contributed by atoms with Gasteiger partial charge in [-0.25, -0.2) is 16.8 Å². The first-order valence-corrected chi connectivity index (χ1v) is 8.26. The zero-order chi connectivity index (χ0) is 10.8. The van der Waals surface area contributed by atoms with E-state index in [1.54, 1.807) is 0 Å². The molecule has 0 saturated carbocycles. The lowest BCUT2D eigenvalue weighted by molar-refractivity contribution is 0.577. The maximum absolute atomic E-state index is 11.6. The van der Waals surface area contributed by atoms with Crippen LogP contribution in [0.4, 0.5) is 0 Å². The molecule has 4 nitrogen and oxygen atoms in total. The van der Waals surface area contributed by atoms with Gasteiger partial charge in [0.1, 0.15) is 0 Å². The summed E-state index contributed by atoms with van der Waals surface area (Å²) in [6, 6.07) is 0. The lowest BCUT2D eigenvalue weighted by Crippen LogP contribution is -2.28. The highest BCUT2D eigenvalue weighted by Gasteiger charge is 2.40. The quantitative estimate of drug-likeness (QED) is 0.726. The van der Waals surface area contributed by atoms with Gasteiger partial charge in [0, 0.05) is 0 Å². The summed E-state index contributed by atoms with van der Waals surface area (Å²) in [5.74, 6) is 0.0381. The van der Waals surface area contributed by atoms with Crippen LogP contribution in [0.25, 0.3) is 0 Å². The lowest BCUT2D eigenvalue weighted by Gasteiger charge is -2.09. The van der Waals surface area contributed by atoms with E-state index in [1.165, 1.54) is 0 Å². The van der Waals surface area contributed by atoms with E-state index in [0.717, 1.165) is 6.42 Å². The van der Waals surface area contributed by atoms with Crippen molar-refractivity contribution in [2.75, 3.05) is 11.5 Å². The van der Waals surface area contributed by atoms with Crippen molar-refractivity contribution in [1.82, 2.24) is 0 Å². The fraction of sp³-hybridized carbons (Fsp3) is 1.00. The Labute approximate surface area is 85.5 Å².